The molecule has 0 aromatic carbocycles. The van der Waals surface area contributed by atoms with Crippen molar-refractivity contribution in [2.24, 2.45) is 0 Å². The Morgan fingerprint density at radius 1 is 1.58 bits per heavy atom. The van der Waals surface area contributed by atoms with Crippen molar-refractivity contribution in [2.75, 3.05) is 13.2 Å². The highest BCUT2D eigenvalue weighted by molar-refractivity contribution is 5.70. The van der Waals surface area contributed by atoms with E-state index in [0.29, 0.717) is 6.61 Å². The maximum Gasteiger partial charge on any atom is 0.331 e. The van der Waals surface area contributed by atoms with Crippen LogP contribution in [0.1, 0.15) is 19.8 Å². The van der Waals surface area contributed by atoms with Crippen LogP contribution in [0.5, 0.6) is 0 Å². The summed E-state index contributed by atoms with van der Waals surface area (Å²) in [6.07, 6.45) is 1.87. The fourth-order valence-corrected chi connectivity index (χ4v) is 0.376. The SMILES string of the molecule is CCCCOC(=O)CO.O=CO. The van der Waals surface area contributed by atoms with Crippen molar-refractivity contribution in [1.29, 1.82) is 0 Å². The molecule has 0 amide bonds. The van der Waals surface area contributed by atoms with Crippen molar-refractivity contribution >= 4 is 12.4 Å². The van der Waals surface area contributed by atoms with Gasteiger partial charge in [-0.15, -0.1) is 0 Å². The third-order valence-corrected chi connectivity index (χ3v) is 0.890. The number of rotatable bonds is 4. The Morgan fingerprint density at radius 3 is 2.42 bits per heavy atom. The second-order valence-corrected chi connectivity index (χ2v) is 1.84. The lowest BCUT2D eigenvalue weighted by molar-refractivity contribution is -0.147. The smallest absolute Gasteiger partial charge is 0.331 e. The first-order chi connectivity index (χ1) is 5.72. The Bertz CT molecular complexity index is 112. The van der Waals surface area contributed by atoms with E-state index in [2.05, 4.69) is 4.74 Å². The van der Waals surface area contributed by atoms with Gasteiger partial charge in [-0.1, -0.05) is 13.3 Å². The van der Waals surface area contributed by atoms with Crippen molar-refractivity contribution in [2.45, 2.75) is 19.8 Å². The number of carbonyl (C=O) groups excluding carboxylic acids is 1. The maximum absolute atomic E-state index is 10.2. The summed E-state index contributed by atoms with van der Waals surface area (Å²) in [7, 11) is 0. The van der Waals surface area contributed by atoms with Gasteiger partial charge in [0.2, 0.25) is 0 Å². The molecule has 0 saturated heterocycles. The fraction of sp³-hybridized carbons (Fsp3) is 0.714. The van der Waals surface area contributed by atoms with E-state index in [4.69, 9.17) is 15.0 Å². The van der Waals surface area contributed by atoms with Gasteiger partial charge in [-0.05, 0) is 6.42 Å². The number of aliphatic hydroxyl groups excluding tert-OH is 1. The molecule has 72 valence electrons. The number of ether oxygens (including phenoxy) is 1. The summed E-state index contributed by atoms with van der Waals surface area (Å²) in [6.45, 7) is 1.67. The normalized spacial score (nSPS) is 7.83. The van der Waals surface area contributed by atoms with Crippen LogP contribution in [-0.2, 0) is 14.3 Å². The molecule has 0 fully saturated rings. The molecule has 0 spiro atoms. The van der Waals surface area contributed by atoms with Crippen LogP contribution in [0, 0.1) is 0 Å². The number of hydrogen-bond donors (Lipinski definition) is 2. The van der Waals surface area contributed by atoms with E-state index in [1.807, 2.05) is 6.92 Å². The summed E-state index contributed by atoms with van der Waals surface area (Å²) in [5.74, 6) is -0.538. The highest BCUT2D eigenvalue weighted by atomic mass is 16.5. The average Bonchev–Trinajstić information content (AvgIpc) is 2.06. The Hall–Kier alpha value is -1.10. The van der Waals surface area contributed by atoms with Gasteiger partial charge in [0.15, 0.2) is 0 Å². The van der Waals surface area contributed by atoms with E-state index in [0.717, 1.165) is 12.8 Å². The minimum absolute atomic E-state index is 0.250. The van der Waals surface area contributed by atoms with Gasteiger partial charge >= 0.3 is 5.97 Å². The molecular weight excluding hydrogens is 164 g/mol. The van der Waals surface area contributed by atoms with Gasteiger partial charge in [0.25, 0.3) is 6.47 Å². The molecule has 0 saturated carbocycles. The Balaban J connectivity index is 0. The number of carboxylic acid groups (broad SMARTS) is 1. The minimum atomic E-state index is -0.538. The lowest BCUT2D eigenvalue weighted by atomic mass is 10.4. The second-order valence-electron chi connectivity index (χ2n) is 1.84. The molecule has 0 aliphatic rings. The molecule has 0 aromatic rings. The number of carbonyl (C=O) groups is 2. The van der Waals surface area contributed by atoms with E-state index in [-0.39, 0.29) is 6.47 Å². The van der Waals surface area contributed by atoms with Crippen LogP contribution < -0.4 is 0 Å². The third-order valence-electron chi connectivity index (χ3n) is 0.890. The van der Waals surface area contributed by atoms with Crippen molar-refractivity contribution < 1.29 is 24.5 Å². The van der Waals surface area contributed by atoms with Crippen molar-refractivity contribution in [1.82, 2.24) is 0 Å². The molecule has 5 nitrogen and oxygen atoms in total. The van der Waals surface area contributed by atoms with Crippen LogP contribution >= 0.6 is 0 Å². The topological polar surface area (TPSA) is 83.8 Å². The molecule has 0 aromatic heterocycles. The number of aliphatic hydroxyl groups is 1. The van der Waals surface area contributed by atoms with Gasteiger partial charge in [0, 0.05) is 0 Å². The van der Waals surface area contributed by atoms with Gasteiger partial charge in [0.05, 0.1) is 6.61 Å². The van der Waals surface area contributed by atoms with E-state index >= 15 is 0 Å². The molecule has 0 bridgehead atoms. The predicted molar refractivity (Wildman–Crippen MR) is 41.6 cm³/mol. The Kier molecular flexibility index (Phi) is 14.1. The fourth-order valence-electron chi connectivity index (χ4n) is 0.376. The summed E-state index contributed by atoms with van der Waals surface area (Å²) >= 11 is 0. The second kappa shape index (κ2) is 12.6. The van der Waals surface area contributed by atoms with Crippen LogP contribution in [0.4, 0.5) is 0 Å². The third kappa shape index (κ3) is 16.0. The lowest BCUT2D eigenvalue weighted by Gasteiger charge is -1.98. The largest absolute Gasteiger partial charge is 0.483 e. The monoisotopic (exact) mass is 178 g/mol. The van der Waals surface area contributed by atoms with E-state index < -0.39 is 12.6 Å². The molecule has 0 atom stereocenters. The Labute approximate surface area is 71.0 Å². The van der Waals surface area contributed by atoms with E-state index in [1.54, 1.807) is 0 Å². The van der Waals surface area contributed by atoms with Gasteiger partial charge in [-0.3, -0.25) is 4.79 Å². The molecule has 0 aliphatic carbocycles. The first-order valence-corrected chi connectivity index (χ1v) is 3.57. The minimum Gasteiger partial charge on any atom is -0.483 e. The zero-order valence-electron chi connectivity index (χ0n) is 7.02. The average molecular weight is 178 g/mol. The highest BCUT2D eigenvalue weighted by Gasteiger charge is 1.95. The molecule has 2 N–H and O–H groups in total. The molecule has 5 heteroatoms. The summed E-state index contributed by atoms with van der Waals surface area (Å²) in [6, 6.07) is 0. The van der Waals surface area contributed by atoms with Crippen LogP contribution in [0.15, 0.2) is 0 Å². The zero-order valence-corrected chi connectivity index (χ0v) is 7.02. The lowest BCUT2D eigenvalue weighted by Crippen LogP contribution is -2.09. The summed E-state index contributed by atoms with van der Waals surface area (Å²) in [5.41, 5.74) is 0. The van der Waals surface area contributed by atoms with E-state index in [9.17, 15) is 4.79 Å². The summed E-state index contributed by atoms with van der Waals surface area (Å²) < 4.78 is 4.54. The molecule has 0 rings (SSSR count). The van der Waals surface area contributed by atoms with Crippen molar-refractivity contribution in [3.05, 3.63) is 0 Å². The van der Waals surface area contributed by atoms with E-state index in [1.165, 1.54) is 0 Å². The number of unbranched alkanes of at least 4 members (excludes halogenated alkanes) is 1. The molecule has 0 heterocycles. The Morgan fingerprint density at radius 2 is 2.08 bits per heavy atom. The first-order valence-electron chi connectivity index (χ1n) is 3.57. The molecular formula is C7H14O5. The maximum atomic E-state index is 10.2. The van der Waals surface area contributed by atoms with Crippen LogP contribution in [0.25, 0.3) is 0 Å². The van der Waals surface area contributed by atoms with Gasteiger partial charge < -0.3 is 14.9 Å². The van der Waals surface area contributed by atoms with Crippen LogP contribution in [0.3, 0.4) is 0 Å². The molecule has 12 heavy (non-hydrogen) atoms. The summed E-state index contributed by atoms with van der Waals surface area (Å²) in [5, 5.41) is 15.0. The van der Waals surface area contributed by atoms with Gasteiger partial charge in [-0.25, -0.2) is 4.79 Å². The molecule has 0 aliphatic heterocycles. The van der Waals surface area contributed by atoms with Crippen LogP contribution in [-0.4, -0.2) is 35.9 Å². The highest BCUT2D eigenvalue weighted by Crippen LogP contribution is 1.87. The first kappa shape index (κ1) is 13.5. The van der Waals surface area contributed by atoms with Crippen molar-refractivity contribution in [3.63, 3.8) is 0 Å². The number of hydrogen-bond acceptors (Lipinski definition) is 4. The van der Waals surface area contributed by atoms with Crippen LogP contribution in [0.2, 0.25) is 0 Å². The molecule has 0 unspecified atom stereocenters. The quantitative estimate of drug-likeness (QED) is 0.360. The molecule has 0 radical (unpaired) electrons. The predicted octanol–water partition coefficient (Wildman–Crippen LogP) is 0.0228. The summed E-state index contributed by atoms with van der Waals surface area (Å²) in [4.78, 5) is 18.6. The van der Waals surface area contributed by atoms with Gasteiger partial charge in [-0.2, -0.15) is 0 Å². The standard InChI is InChI=1S/C6H12O3.CH2O2/c1-2-3-4-9-6(8)5-7;2-1-3/h7H,2-5H2,1H3;1H,(H,2,3). The number of esters is 1. The van der Waals surface area contributed by atoms with Crippen molar-refractivity contribution in [3.8, 4) is 0 Å². The zero-order chi connectivity index (χ0) is 9.82. The van der Waals surface area contributed by atoms with Gasteiger partial charge in [0.1, 0.15) is 6.61 Å².